The van der Waals surface area contributed by atoms with Crippen LogP contribution >= 0.6 is 34.5 Å². The molecular formula is C28H25Cl2N3O4S. The number of carboxylic acids is 1. The van der Waals surface area contributed by atoms with Gasteiger partial charge in [0, 0.05) is 35.5 Å². The highest BCUT2D eigenvalue weighted by Gasteiger charge is 2.53. The molecule has 2 aliphatic carbocycles. The standard InChI is InChI=1S/C28H25Cl2N3O4S/c29-18-2-1-3-19(30)23(18)24-17(25(37-32-24)15-4-5-15)13-36-22-8-11-33(14-28(22)9-10-28)27-31-20-7-6-16(26(34)35)12-21(20)38-27/h1-3,6-7,12,15,22H,4-5,8-11,13-14H2,(H,34,35). The average molecular weight is 570 g/mol. The van der Waals surface area contributed by atoms with Crippen molar-refractivity contribution >= 4 is 55.9 Å². The zero-order valence-corrected chi connectivity index (χ0v) is 22.8. The molecule has 3 fully saturated rings. The molecule has 2 aromatic heterocycles. The molecule has 4 aromatic rings. The van der Waals surface area contributed by atoms with Crippen molar-refractivity contribution < 1.29 is 19.2 Å². The molecule has 2 saturated carbocycles. The second-order valence-corrected chi connectivity index (χ2v) is 12.4. The number of anilines is 1. The molecular weight excluding hydrogens is 545 g/mol. The Morgan fingerprint density at radius 1 is 1.18 bits per heavy atom. The number of fused-ring (bicyclic) bond motifs is 1. The molecule has 196 valence electrons. The van der Waals surface area contributed by atoms with Crippen LogP contribution in [0.2, 0.25) is 10.0 Å². The fraction of sp³-hybridized carbons (Fsp3) is 0.393. The molecule has 1 spiro atoms. The first-order chi connectivity index (χ1) is 18.4. The smallest absolute Gasteiger partial charge is 0.335 e. The van der Waals surface area contributed by atoms with Crippen LogP contribution in [0.5, 0.6) is 0 Å². The lowest BCUT2D eigenvalue weighted by Crippen LogP contribution is -2.45. The van der Waals surface area contributed by atoms with Gasteiger partial charge in [0.05, 0.1) is 38.5 Å². The fourth-order valence-corrected chi connectivity index (χ4v) is 7.22. The summed E-state index contributed by atoms with van der Waals surface area (Å²) >= 11 is 14.6. The Balaban J connectivity index is 1.10. The van der Waals surface area contributed by atoms with Crippen LogP contribution in [0.15, 0.2) is 40.9 Å². The molecule has 38 heavy (non-hydrogen) atoms. The third-order valence-electron chi connectivity index (χ3n) is 8.03. The third kappa shape index (κ3) is 4.28. The topological polar surface area (TPSA) is 88.7 Å². The first kappa shape index (κ1) is 24.4. The first-order valence-corrected chi connectivity index (χ1v) is 14.4. The number of thiazole rings is 1. The Kier molecular flexibility index (Phi) is 5.92. The van der Waals surface area contributed by atoms with Crippen LogP contribution in [0.4, 0.5) is 5.13 Å². The van der Waals surface area contributed by atoms with Crippen LogP contribution in [0.25, 0.3) is 21.5 Å². The highest BCUT2D eigenvalue weighted by atomic mass is 35.5. The number of carboxylic acid groups (broad SMARTS) is 1. The number of hydrogen-bond donors (Lipinski definition) is 1. The number of rotatable bonds is 7. The van der Waals surface area contributed by atoms with Crippen LogP contribution in [0, 0.1) is 5.41 Å². The van der Waals surface area contributed by atoms with Crippen molar-refractivity contribution in [1.82, 2.24) is 10.1 Å². The van der Waals surface area contributed by atoms with Gasteiger partial charge in [0.15, 0.2) is 5.13 Å². The lowest BCUT2D eigenvalue weighted by molar-refractivity contribution is -0.0209. The van der Waals surface area contributed by atoms with E-state index >= 15 is 0 Å². The summed E-state index contributed by atoms with van der Waals surface area (Å²) in [6.07, 6.45) is 5.44. The van der Waals surface area contributed by atoms with E-state index in [2.05, 4.69) is 10.1 Å². The lowest BCUT2D eigenvalue weighted by atomic mass is 9.91. The summed E-state index contributed by atoms with van der Waals surface area (Å²) in [5, 5.41) is 15.8. The van der Waals surface area contributed by atoms with Gasteiger partial charge in [0.2, 0.25) is 0 Å². The minimum Gasteiger partial charge on any atom is -0.478 e. The van der Waals surface area contributed by atoms with Crippen LogP contribution in [-0.2, 0) is 11.3 Å². The van der Waals surface area contributed by atoms with Crippen molar-refractivity contribution in [3.63, 3.8) is 0 Å². The van der Waals surface area contributed by atoms with E-state index in [4.69, 9.17) is 37.4 Å². The quantitative estimate of drug-likeness (QED) is 0.248. The van der Waals surface area contributed by atoms with Crippen LogP contribution in [0.3, 0.4) is 0 Å². The lowest BCUT2D eigenvalue weighted by Gasteiger charge is -2.39. The second kappa shape index (κ2) is 9.23. The number of piperidine rings is 1. The van der Waals surface area contributed by atoms with E-state index in [1.54, 1.807) is 29.5 Å². The van der Waals surface area contributed by atoms with Gasteiger partial charge in [0.1, 0.15) is 11.5 Å². The number of nitrogens with zero attached hydrogens (tertiary/aromatic N) is 3. The van der Waals surface area contributed by atoms with Gasteiger partial charge >= 0.3 is 5.97 Å². The molecule has 1 saturated heterocycles. The van der Waals surface area contributed by atoms with E-state index in [0.29, 0.717) is 33.8 Å². The van der Waals surface area contributed by atoms with Crippen LogP contribution < -0.4 is 4.90 Å². The summed E-state index contributed by atoms with van der Waals surface area (Å²) in [6, 6.07) is 10.6. The monoisotopic (exact) mass is 569 g/mol. The summed E-state index contributed by atoms with van der Waals surface area (Å²) in [5.41, 5.74) is 3.56. The zero-order chi connectivity index (χ0) is 26.0. The molecule has 1 atom stereocenters. The molecule has 0 radical (unpaired) electrons. The van der Waals surface area contributed by atoms with Gasteiger partial charge in [-0.05, 0) is 62.4 Å². The van der Waals surface area contributed by atoms with E-state index in [1.165, 1.54) is 0 Å². The van der Waals surface area contributed by atoms with E-state index < -0.39 is 5.97 Å². The van der Waals surface area contributed by atoms with Gasteiger partial charge < -0.3 is 19.3 Å². The van der Waals surface area contributed by atoms with E-state index in [1.807, 2.05) is 18.2 Å². The minimum absolute atomic E-state index is 0.0986. The van der Waals surface area contributed by atoms with Crippen molar-refractivity contribution in [1.29, 1.82) is 0 Å². The van der Waals surface area contributed by atoms with Crippen LogP contribution in [0.1, 0.15) is 59.7 Å². The van der Waals surface area contributed by atoms with Crippen molar-refractivity contribution in [3.05, 3.63) is 63.3 Å². The van der Waals surface area contributed by atoms with Gasteiger partial charge in [-0.1, -0.05) is 45.8 Å². The Hall–Kier alpha value is -2.65. The molecule has 10 heteroatoms. The fourth-order valence-electron chi connectivity index (χ4n) is 5.62. The Morgan fingerprint density at radius 2 is 1.97 bits per heavy atom. The molecule has 3 aliphatic rings. The molecule has 1 N–H and O–H groups in total. The van der Waals surface area contributed by atoms with Gasteiger partial charge in [-0.3, -0.25) is 0 Å². The molecule has 0 amide bonds. The highest BCUT2D eigenvalue weighted by molar-refractivity contribution is 7.22. The van der Waals surface area contributed by atoms with E-state index in [-0.39, 0.29) is 17.1 Å². The Bertz CT molecular complexity index is 1540. The molecule has 7 rings (SSSR count). The molecule has 3 heterocycles. The minimum atomic E-state index is -0.922. The molecule has 1 unspecified atom stereocenters. The maximum absolute atomic E-state index is 11.4. The summed E-state index contributed by atoms with van der Waals surface area (Å²) in [4.78, 5) is 18.5. The number of halogens is 2. The maximum Gasteiger partial charge on any atom is 0.335 e. The second-order valence-electron chi connectivity index (χ2n) is 10.6. The molecule has 0 bridgehead atoms. The van der Waals surface area contributed by atoms with Crippen molar-refractivity contribution in [2.24, 2.45) is 5.41 Å². The van der Waals surface area contributed by atoms with Crippen molar-refractivity contribution in [2.75, 3.05) is 18.0 Å². The number of ether oxygens (including phenoxy) is 1. The summed E-state index contributed by atoms with van der Waals surface area (Å²) in [5.74, 6) is 0.358. The van der Waals surface area contributed by atoms with Gasteiger partial charge in [-0.25, -0.2) is 9.78 Å². The summed E-state index contributed by atoms with van der Waals surface area (Å²) in [7, 11) is 0. The van der Waals surface area contributed by atoms with Gasteiger partial charge in [-0.2, -0.15) is 0 Å². The third-order valence-corrected chi connectivity index (χ3v) is 9.74. The molecule has 1 aliphatic heterocycles. The van der Waals surface area contributed by atoms with Crippen molar-refractivity contribution in [3.8, 4) is 11.3 Å². The van der Waals surface area contributed by atoms with E-state index in [9.17, 15) is 9.90 Å². The first-order valence-electron chi connectivity index (χ1n) is 12.9. The van der Waals surface area contributed by atoms with E-state index in [0.717, 1.165) is 71.9 Å². The van der Waals surface area contributed by atoms with Crippen LogP contribution in [-0.4, -0.2) is 40.4 Å². The molecule has 7 nitrogen and oxygen atoms in total. The number of aromatic carboxylic acids is 1. The Morgan fingerprint density at radius 3 is 2.68 bits per heavy atom. The maximum atomic E-state index is 11.4. The van der Waals surface area contributed by atoms with Gasteiger partial charge in [0.25, 0.3) is 0 Å². The predicted molar refractivity (Wildman–Crippen MR) is 148 cm³/mol. The number of aromatic nitrogens is 2. The normalized spacial score (nSPS) is 20.4. The van der Waals surface area contributed by atoms with Gasteiger partial charge in [-0.15, -0.1) is 0 Å². The average Bonchev–Trinajstić information content (AvgIpc) is 3.81. The van der Waals surface area contributed by atoms with Crippen molar-refractivity contribution in [2.45, 2.75) is 50.7 Å². The largest absolute Gasteiger partial charge is 0.478 e. The highest BCUT2D eigenvalue weighted by Crippen LogP contribution is 2.55. The zero-order valence-electron chi connectivity index (χ0n) is 20.5. The number of carbonyl (C=O) groups is 1. The number of benzene rings is 2. The summed E-state index contributed by atoms with van der Waals surface area (Å²) < 4.78 is 13.4. The summed E-state index contributed by atoms with van der Waals surface area (Å²) in [6.45, 7) is 2.13. The predicted octanol–water partition coefficient (Wildman–Crippen LogP) is 7.41. The SMILES string of the molecule is O=C(O)c1ccc2nc(N3CCC(OCc4c(-c5c(Cl)cccc5Cl)noc4C4CC4)C4(CC4)C3)sc2c1. The molecule has 2 aromatic carbocycles. The number of hydrogen-bond acceptors (Lipinski definition) is 7. The Labute approximate surface area is 233 Å².